The lowest BCUT2D eigenvalue weighted by molar-refractivity contribution is 0.0181. The van der Waals surface area contributed by atoms with Crippen molar-refractivity contribution in [2.24, 2.45) is 11.8 Å². The maximum Gasteiger partial charge on any atom is 0.410 e. The molecule has 2 aliphatic rings. The van der Waals surface area contributed by atoms with Gasteiger partial charge in [-0.15, -0.1) is 0 Å². The van der Waals surface area contributed by atoms with Crippen LogP contribution in [0.3, 0.4) is 0 Å². The molecule has 2 heterocycles. The Labute approximate surface area is 311 Å². The van der Waals surface area contributed by atoms with Crippen LogP contribution in [0, 0.1) is 11.8 Å². The zero-order chi connectivity index (χ0) is 36.9. The summed E-state index contributed by atoms with van der Waals surface area (Å²) in [7, 11) is -2.72. The van der Waals surface area contributed by atoms with E-state index in [2.05, 4.69) is 86.6 Å². The Balaban J connectivity index is 1.14. The molecule has 0 radical (unpaired) electrons. The van der Waals surface area contributed by atoms with Gasteiger partial charge in [0, 0.05) is 24.4 Å². The van der Waals surface area contributed by atoms with Gasteiger partial charge in [0.25, 0.3) is 8.32 Å². The number of aliphatic hydroxyl groups is 1. The van der Waals surface area contributed by atoms with Crippen molar-refractivity contribution in [1.82, 2.24) is 10.1 Å². The molecular formula is C43H58N2O6Si. The van der Waals surface area contributed by atoms with Gasteiger partial charge in [-0.05, 0) is 92.8 Å². The molecule has 2 atom stereocenters. The van der Waals surface area contributed by atoms with E-state index in [0.717, 1.165) is 62.4 Å². The van der Waals surface area contributed by atoms with Crippen molar-refractivity contribution >= 4 is 35.8 Å². The number of piperidine rings is 1. The van der Waals surface area contributed by atoms with E-state index in [-0.39, 0.29) is 29.8 Å². The van der Waals surface area contributed by atoms with Crippen LogP contribution in [0.25, 0.3) is 11.0 Å². The van der Waals surface area contributed by atoms with Crippen molar-refractivity contribution in [1.29, 1.82) is 0 Å². The first-order valence-corrected chi connectivity index (χ1v) is 21.2. The van der Waals surface area contributed by atoms with Gasteiger partial charge in [0.15, 0.2) is 5.58 Å². The van der Waals surface area contributed by atoms with Gasteiger partial charge in [0.05, 0.1) is 30.6 Å². The fourth-order valence-corrected chi connectivity index (χ4v) is 13.0. The summed E-state index contributed by atoms with van der Waals surface area (Å²) < 4.78 is 25.6. The molecule has 0 bridgehead atoms. The number of amides is 1. The molecule has 52 heavy (non-hydrogen) atoms. The SMILES string of the molecule is CC(C)(C)OC(=O)N1CCC(CCc2noc3c(CO)c(OCC4CCCCC4O[Si](c4ccccc4)(c4ccccc4)C(C)(C)C)ccc23)CC1. The van der Waals surface area contributed by atoms with E-state index in [1.165, 1.54) is 10.4 Å². The third-order valence-electron chi connectivity index (χ3n) is 11.0. The molecule has 1 N–H and O–H groups in total. The van der Waals surface area contributed by atoms with E-state index in [4.69, 9.17) is 18.4 Å². The van der Waals surface area contributed by atoms with Crippen LogP contribution in [-0.4, -0.2) is 61.0 Å². The number of carbonyl (C=O) groups excluding carboxylic acids is 1. The van der Waals surface area contributed by atoms with Crippen molar-refractivity contribution in [2.45, 2.75) is 116 Å². The molecule has 0 spiro atoms. The van der Waals surface area contributed by atoms with Crippen molar-refractivity contribution in [3.63, 3.8) is 0 Å². The zero-order valence-corrected chi connectivity index (χ0v) is 33.0. The van der Waals surface area contributed by atoms with Crippen LogP contribution < -0.4 is 15.1 Å². The molecule has 1 saturated heterocycles. The highest BCUT2D eigenvalue weighted by atomic mass is 28.4. The summed E-state index contributed by atoms with van der Waals surface area (Å²) in [4.78, 5) is 14.3. The van der Waals surface area contributed by atoms with Crippen LogP contribution in [-0.2, 0) is 22.2 Å². The predicted octanol–water partition coefficient (Wildman–Crippen LogP) is 8.41. The van der Waals surface area contributed by atoms with Crippen LogP contribution in [0.2, 0.25) is 5.04 Å². The van der Waals surface area contributed by atoms with Gasteiger partial charge >= 0.3 is 6.09 Å². The lowest BCUT2D eigenvalue weighted by Gasteiger charge is -2.47. The van der Waals surface area contributed by atoms with Crippen molar-refractivity contribution in [2.75, 3.05) is 19.7 Å². The van der Waals surface area contributed by atoms with Crippen molar-refractivity contribution in [3.8, 4) is 5.75 Å². The molecule has 9 heteroatoms. The summed E-state index contributed by atoms with van der Waals surface area (Å²) in [5, 5.41) is 18.4. The molecule has 1 aromatic heterocycles. The highest BCUT2D eigenvalue weighted by molar-refractivity contribution is 6.99. The Hall–Kier alpha value is -3.66. The molecule has 1 aliphatic heterocycles. The molecule has 1 saturated carbocycles. The minimum absolute atomic E-state index is 0.0502. The fraction of sp³-hybridized carbons (Fsp3) is 0.535. The summed E-state index contributed by atoms with van der Waals surface area (Å²) in [5.41, 5.74) is 1.65. The normalized spacial score (nSPS) is 19.2. The Kier molecular flexibility index (Phi) is 11.8. The lowest BCUT2D eigenvalue weighted by atomic mass is 9.87. The van der Waals surface area contributed by atoms with Gasteiger partial charge in [-0.3, -0.25) is 0 Å². The molecule has 2 fully saturated rings. The van der Waals surface area contributed by atoms with E-state index in [9.17, 15) is 9.90 Å². The number of fused-ring (bicyclic) bond motifs is 1. The minimum Gasteiger partial charge on any atom is -0.493 e. The minimum atomic E-state index is -2.72. The number of ether oxygens (including phenoxy) is 2. The van der Waals surface area contributed by atoms with Crippen LogP contribution >= 0.6 is 0 Å². The van der Waals surface area contributed by atoms with Crippen LogP contribution in [0.1, 0.15) is 97.7 Å². The van der Waals surface area contributed by atoms with E-state index >= 15 is 0 Å². The number of carbonyl (C=O) groups is 1. The van der Waals surface area contributed by atoms with Crippen LogP contribution in [0.5, 0.6) is 5.75 Å². The first-order valence-electron chi connectivity index (χ1n) is 19.3. The second-order valence-electron chi connectivity index (χ2n) is 16.8. The summed E-state index contributed by atoms with van der Waals surface area (Å²) in [6.07, 6.45) is 7.75. The number of nitrogens with zero attached hydrogens (tertiary/aromatic N) is 2. The van der Waals surface area contributed by atoms with E-state index in [0.29, 0.717) is 42.5 Å². The quantitative estimate of drug-likeness (QED) is 0.155. The molecule has 8 nitrogen and oxygen atoms in total. The zero-order valence-electron chi connectivity index (χ0n) is 32.0. The second kappa shape index (κ2) is 16.1. The number of benzene rings is 3. The topological polar surface area (TPSA) is 94.3 Å². The average Bonchev–Trinajstić information content (AvgIpc) is 3.55. The van der Waals surface area contributed by atoms with E-state index in [1.807, 2.05) is 37.8 Å². The first kappa shape index (κ1) is 38.1. The molecule has 4 aromatic rings. The van der Waals surface area contributed by atoms with Crippen molar-refractivity contribution < 1.29 is 28.3 Å². The van der Waals surface area contributed by atoms with Gasteiger partial charge < -0.3 is 28.4 Å². The summed E-state index contributed by atoms with van der Waals surface area (Å²) in [6.45, 7) is 14.4. The molecule has 2 unspecified atom stereocenters. The molecule has 6 rings (SSSR count). The molecular weight excluding hydrogens is 669 g/mol. The average molecular weight is 727 g/mol. The lowest BCUT2D eigenvalue weighted by Crippen LogP contribution is -2.68. The van der Waals surface area contributed by atoms with E-state index in [1.54, 1.807) is 0 Å². The molecule has 280 valence electrons. The molecule has 3 aromatic carbocycles. The van der Waals surface area contributed by atoms with E-state index < -0.39 is 13.9 Å². The third kappa shape index (κ3) is 8.42. The van der Waals surface area contributed by atoms with Crippen LogP contribution in [0.15, 0.2) is 77.3 Å². The Morgan fingerprint density at radius 2 is 1.52 bits per heavy atom. The highest BCUT2D eigenvalue weighted by Crippen LogP contribution is 2.41. The van der Waals surface area contributed by atoms with Gasteiger partial charge in [0.1, 0.15) is 11.4 Å². The number of aryl methyl sites for hydroxylation is 1. The largest absolute Gasteiger partial charge is 0.493 e. The number of aromatic nitrogens is 1. The third-order valence-corrected chi connectivity index (χ3v) is 16.1. The molecule has 1 aliphatic carbocycles. The molecule has 1 amide bonds. The summed E-state index contributed by atoms with van der Waals surface area (Å²) in [6, 6.07) is 25.7. The van der Waals surface area contributed by atoms with Gasteiger partial charge in [-0.2, -0.15) is 0 Å². The Morgan fingerprint density at radius 1 is 0.885 bits per heavy atom. The van der Waals surface area contributed by atoms with Crippen molar-refractivity contribution in [3.05, 3.63) is 84.1 Å². The predicted molar refractivity (Wildman–Crippen MR) is 209 cm³/mol. The second-order valence-corrected chi connectivity index (χ2v) is 21.1. The fourth-order valence-electron chi connectivity index (χ4n) is 8.26. The number of hydrogen-bond donors (Lipinski definition) is 1. The number of aliphatic hydroxyl groups excluding tert-OH is 1. The maximum absolute atomic E-state index is 12.5. The van der Waals surface area contributed by atoms with Crippen LogP contribution in [0.4, 0.5) is 4.79 Å². The first-order chi connectivity index (χ1) is 24.9. The Morgan fingerprint density at radius 3 is 2.12 bits per heavy atom. The maximum atomic E-state index is 12.5. The highest BCUT2D eigenvalue weighted by Gasteiger charge is 2.52. The Bertz CT molecular complexity index is 1720. The monoisotopic (exact) mass is 726 g/mol. The smallest absolute Gasteiger partial charge is 0.410 e. The summed E-state index contributed by atoms with van der Waals surface area (Å²) >= 11 is 0. The van der Waals surface area contributed by atoms with Gasteiger partial charge in [-0.1, -0.05) is 99.4 Å². The standard InChI is InChI=1S/C43H58N2O6Si/c1-42(2,3)49-41(47)45-27-25-31(26-28-45)21-23-37-35-22-24-39(36(29-46)40(35)50-44-37)48-30-32-15-13-14-20-38(32)51-52(43(4,5)6,33-16-9-7-10-17-33)34-18-11-8-12-19-34/h7-12,16-19,22,24,31-32,38,46H,13-15,20-21,23,25-30H2,1-6H3. The van der Waals surface area contributed by atoms with Gasteiger partial charge in [-0.25, -0.2) is 4.79 Å². The number of rotatable bonds is 11. The number of hydrogen-bond acceptors (Lipinski definition) is 7. The number of likely N-dealkylation sites (tertiary alicyclic amines) is 1. The summed E-state index contributed by atoms with van der Waals surface area (Å²) in [5.74, 6) is 1.35. The van der Waals surface area contributed by atoms with Gasteiger partial charge in [0.2, 0.25) is 0 Å².